The number of hydrogen-bond acceptors (Lipinski definition) is 2. The van der Waals surface area contributed by atoms with Crippen LogP contribution in [0.25, 0.3) is 0 Å². The zero-order valence-corrected chi connectivity index (χ0v) is 13.5. The van der Waals surface area contributed by atoms with Crippen molar-refractivity contribution in [1.29, 1.82) is 0 Å². The second-order valence-corrected chi connectivity index (χ2v) is 6.02. The van der Waals surface area contributed by atoms with Gasteiger partial charge in [0.25, 0.3) is 0 Å². The van der Waals surface area contributed by atoms with Gasteiger partial charge in [0.2, 0.25) is 11.8 Å². The summed E-state index contributed by atoms with van der Waals surface area (Å²) in [5.74, 6) is -3.86. The van der Waals surface area contributed by atoms with E-state index in [2.05, 4.69) is 5.32 Å². The first-order valence-corrected chi connectivity index (χ1v) is 7.74. The minimum absolute atomic E-state index is 0.0270. The van der Waals surface area contributed by atoms with Gasteiger partial charge in [-0.3, -0.25) is 9.59 Å². The Labute approximate surface area is 146 Å². The molecular weight excluding hydrogens is 357 g/mol. The van der Waals surface area contributed by atoms with Gasteiger partial charge >= 0.3 is 0 Å². The fourth-order valence-electron chi connectivity index (χ4n) is 2.64. The lowest BCUT2D eigenvalue weighted by Gasteiger charge is -2.17. The van der Waals surface area contributed by atoms with Crippen LogP contribution in [0.2, 0.25) is 5.02 Å². The van der Waals surface area contributed by atoms with Gasteiger partial charge in [0.15, 0.2) is 0 Å². The van der Waals surface area contributed by atoms with E-state index in [4.69, 9.17) is 11.6 Å². The molecule has 2 aromatic rings. The molecule has 1 heterocycles. The molecule has 8 heteroatoms. The predicted octanol–water partition coefficient (Wildman–Crippen LogP) is 3.75. The number of carbonyl (C=O) groups excluding carboxylic acids is 2. The van der Waals surface area contributed by atoms with E-state index in [-0.39, 0.29) is 29.4 Å². The van der Waals surface area contributed by atoms with Crippen molar-refractivity contribution >= 4 is 34.8 Å². The first kappa shape index (κ1) is 17.3. The van der Waals surface area contributed by atoms with E-state index in [0.29, 0.717) is 6.07 Å². The van der Waals surface area contributed by atoms with E-state index in [0.717, 1.165) is 29.2 Å². The van der Waals surface area contributed by atoms with Gasteiger partial charge in [-0.15, -0.1) is 0 Å². The molecule has 130 valence electrons. The average molecular weight is 369 g/mol. The molecule has 1 saturated heterocycles. The number of halogens is 4. The standard InChI is InChI=1S/C17H12ClF3N2O2/c18-12-6-10(19)1-3-14(12)22-17(25)9-5-16(24)23(8-9)15-4-2-11(20)7-13(15)21/h1-4,6-7,9H,5,8H2,(H,22,25). The van der Waals surface area contributed by atoms with Crippen LogP contribution in [0.3, 0.4) is 0 Å². The monoisotopic (exact) mass is 368 g/mol. The van der Waals surface area contributed by atoms with Crippen molar-refractivity contribution in [3.05, 3.63) is 58.9 Å². The van der Waals surface area contributed by atoms with Crippen molar-refractivity contribution in [2.24, 2.45) is 5.92 Å². The largest absolute Gasteiger partial charge is 0.324 e. The molecule has 2 amide bonds. The second kappa shape index (κ2) is 6.76. The number of carbonyl (C=O) groups is 2. The minimum atomic E-state index is -0.879. The molecule has 25 heavy (non-hydrogen) atoms. The van der Waals surface area contributed by atoms with Crippen LogP contribution in [0.1, 0.15) is 6.42 Å². The first-order chi connectivity index (χ1) is 11.8. The van der Waals surface area contributed by atoms with Crippen LogP contribution in [0.15, 0.2) is 36.4 Å². The zero-order valence-electron chi connectivity index (χ0n) is 12.7. The summed E-state index contributed by atoms with van der Waals surface area (Å²) in [6, 6.07) is 6.37. The van der Waals surface area contributed by atoms with Crippen molar-refractivity contribution in [1.82, 2.24) is 0 Å². The summed E-state index contributed by atoms with van der Waals surface area (Å²) in [6.45, 7) is -0.0496. The summed E-state index contributed by atoms with van der Waals surface area (Å²) in [6.07, 6.45) is -0.124. The topological polar surface area (TPSA) is 49.4 Å². The summed E-state index contributed by atoms with van der Waals surface area (Å²) in [5, 5.41) is 2.55. The van der Waals surface area contributed by atoms with Gasteiger partial charge in [0.1, 0.15) is 17.5 Å². The number of benzene rings is 2. The molecule has 4 nitrogen and oxygen atoms in total. The third-order valence-corrected chi connectivity index (χ3v) is 4.20. The van der Waals surface area contributed by atoms with Gasteiger partial charge in [-0.1, -0.05) is 11.6 Å². The van der Waals surface area contributed by atoms with Gasteiger partial charge in [0.05, 0.1) is 22.3 Å². The molecule has 0 radical (unpaired) electrons. The summed E-state index contributed by atoms with van der Waals surface area (Å²) in [4.78, 5) is 25.5. The highest BCUT2D eigenvalue weighted by Gasteiger charge is 2.36. The van der Waals surface area contributed by atoms with Crippen LogP contribution in [0, 0.1) is 23.4 Å². The Morgan fingerprint density at radius 1 is 1.12 bits per heavy atom. The van der Waals surface area contributed by atoms with Crippen LogP contribution < -0.4 is 10.2 Å². The summed E-state index contributed by atoms with van der Waals surface area (Å²) in [7, 11) is 0. The lowest BCUT2D eigenvalue weighted by Crippen LogP contribution is -2.28. The number of anilines is 2. The second-order valence-electron chi connectivity index (χ2n) is 5.61. The average Bonchev–Trinajstić information content (AvgIpc) is 2.92. The number of nitrogens with one attached hydrogen (secondary N) is 1. The van der Waals surface area contributed by atoms with E-state index < -0.39 is 35.2 Å². The van der Waals surface area contributed by atoms with Gasteiger partial charge in [-0.05, 0) is 30.3 Å². The third kappa shape index (κ3) is 3.61. The fraction of sp³-hybridized carbons (Fsp3) is 0.176. The predicted molar refractivity (Wildman–Crippen MR) is 86.9 cm³/mol. The van der Waals surface area contributed by atoms with Gasteiger partial charge < -0.3 is 10.2 Å². The fourth-order valence-corrected chi connectivity index (χ4v) is 2.86. The van der Waals surface area contributed by atoms with Crippen LogP contribution in [-0.4, -0.2) is 18.4 Å². The lowest BCUT2D eigenvalue weighted by atomic mass is 10.1. The lowest BCUT2D eigenvalue weighted by molar-refractivity contribution is -0.122. The molecule has 1 atom stereocenters. The summed E-state index contributed by atoms with van der Waals surface area (Å²) < 4.78 is 39.9. The Morgan fingerprint density at radius 3 is 2.48 bits per heavy atom. The van der Waals surface area contributed by atoms with Crippen LogP contribution in [0.5, 0.6) is 0 Å². The molecule has 1 aliphatic heterocycles. The van der Waals surface area contributed by atoms with E-state index in [1.165, 1.54) is 6.07 Å². The molecule has 0 spiro atoms. The highest BCUT2D eigenvalue weighted by atomic mass is 35.5. The highest BCUT2D eigenvalue weighted by molar-refractivity contribution is 6.33. The maximum absolute atomic E-state index is 13.9. The molecule has 1 N–H and O–H groups in total. The molecule has 2 aromatic carbocycles. The summed E-state index contributed by atoms with van der Waals surface area (Å²) >= 11 is 5.85. The quantitative estimate of drug-likeness (QED) is 0.897. The summed E-state index contributed by atoms with van der Waals surface area (Å²) in [5.41, 5.74) is 0.133. The van der Waals surface area contributed by atoms with Crippen LogP contribution >= 0.6 is 11.6 Å². The molecule has 0 aliphatic carbocycles. The number of amides is 2. The van der Waals surface area contributed by atoms with Crippen LogP contribution in [-0.2, 0) is 9.59 Å². The molecule has 0 aromatic heterocycles. The highest BCUT2D eigenvalue weighted by Crippen LogP contribution is 2.29. The van der Waals surface area contributed by atoms with Crippen molar-refractivity contribution < 1.29 is 22.8 Å². The Balaban J connectivity index is 1.74. The Hall–Kier alpha value is -2.54. The molecule has 1 unspecified atom stereocenters. The van der Waals surface area contributed by atoms with Gasteiger partial charge in [-0.2, -0.15) is 0 Å². The van der Waals surface area contributed by atoms with Crippen molar-refractivity contribution in [2.45, 2.75) is 6.42 Å². The number of nitrogens with zero attached hydrogens (tertiary/aromatic N) is 1. The molecule has 0 bridgehead atoms. The van der Waals surface area contributed by atoms with E-state index >= 15 is 0 Å². The van der Waals surface area contributed by atoms with Crippen molar-refractivity contribution in [3.63, 3.8) is 0 Å². The van der Waals surface area contributed by atoms with E-state index in [1.807, 2.05) is 0 Å². The first-order valence-electron chi connectivity index (χ1n) is 7.36. The molecule has 1 fully saturated rings. The molecule has 1 aliphatic rings. The number of rotatable bonds is 3. The SMILES string of the molecule is O=C(Nc1ccc(F)cc1Cl)C1CC(=O)N(c2ccc(F)cc2F)C1. The van der Waals surface area contributed by atoms with Crippen LogP contribution in [0.4, 0.5) is 24.5 Å². The molecule has 3 rings (SSSR count). The minimum Gasteiger partial charge on any atom is -0.324 e. The molecule has 0 saturated carbocycles. The van der Waals surface area contributed by atoms with E-state index in [9.17, 15) is 22.8 Å². The Kier molecular flexibility index (Phi) is 4.67. The maximum atomic E-state index is 13.9. The Bertz CT molecular complexity index is 860. The third-order valence-electron chi connectivity index (χ3n) is 3.89. The van der Waals surface area contributed by atoms with Gasteiger partial charge in [0, 0.05) is 19.0 Å². The molecular formula is C17H12ClF3N2O2. The van der Waals surface area contributed by atoms with Gasteiger partial charge in [-0.25, -0.2) is 13.2 Å². The Morgan fingerprint density at radius 2 is 1.80 bits per heavy atom. The van der Waals surface area contributed by atoms with Crippen molar-refractivity contribution in [2.75, 3.05) is 16.8 Å². The zero-order chi connectivity index (χ0) is 18.1. The van der Waals surface area contributed by atoms with Crippen molar-refractivity contribution in [3.8, 4) is 0 Å². The smallest absolute Gasteiger partial charge is 0.229 e. The normalized spacial score (nSPS) is 17.0. The number of hydrogen-bond donors (Lipinski definition) is 1. The maximum Gasteiger partial charge on any atom is 0.229 e. The van der Waals surface area contributed by atoms with E-state index in [1.54, 1.807) is 0 Å².